The van der Waals surface area contributed by atoms with Gasteiger partial charge in [-0.15, -0.1) is 4.55 Å². The van der Waals surface area contributed by atoms with Gasteiger partial charge in [-0.1, -0.05) is 32.6 Å². The van der Waals surface area contributed by atoms with E-state index in [1.165, 1.54) is 17.4 Å². The zero-order valence-corrected chi connectivity index (χ0v) is 7.95. The van der Waals surface area contributed by atoms with Crippen LogP contribution in [-0.2, 0) is 0 Å². The van der Waals surface area contributed by atoms with Gasteiger partial charge in [-0.05, 0) is 0 Å². The molecule has 1 unspecified atom stereocenters. The molecule has 0 bridgehead atoms. The molecule has 8 heavy (non-hydrogen) atoms. The quantitative estimate of drug-likeness (QED) is 0.533. The Bertz CT molecular complexity index is 41.8. The van der Waals surface area contributed by atoms with Crippen molar-refractivity contribution in [3.63, 3.8) is 0 Å². The second-order valence-electron chi connectivity index (χ2n) is 2.37. The lowest BCUT2D eigenvalue weighted by Crippen LogP contribution is -1.94. The highest BCUT2D eigenvalue weighted by atomic mass is 35.5. The van der Waals surface area contributed by atoms with Crippen LogP contribution in [0.25, 0.3) is 0 Å². The average Bonchev–Trinajstić information content (AvgIpc) is 1.68. The lowest BCUT2D eigenvalue weighted by molar-refractivity contribution is 0.575. The Morgan fingerprint density at radius 3 is 2.62 bits per heavy atom. The lowest BCUT2D eigenvalue weighted by Gasteiger charge is -2.04. The maximum absolute atomic E-state index is 5.67. The highest BCUT2D eigenvalue weighted by molar-refractivity contribution is 6.93. The summed E-state index contributed by atoms with van der Waals surface area (Å²) in [6, 6.07) is 0. The number of rotatable bonds is 4. The van der Waals surface area contributed by atoms with Crippen molar-refractivity contribution in [2.45, 2.75) is 31.2 Å². The predicted octanol–water partition coefficient (Wildman–Crippen LogP) is 2.70. The molecule has 46 valence electrons. The Hall–Kier alpha value is 1.06. The van der Waals surface area contributed by atoms with E-state index in [1.807, 2.05) is 0 Å². The van der Waals surface area contributed by atoms with Crippen molar-refractivity contribution in [2.75, 3.05) is 0 Å². The van der Waals surface area contributed by atoms with E-state index < -0.39 is 0 Å². The minimum absolute atomic E-state index is 0.182. The molecule has 0 aliphatic rings. The summed E-state index contributed by atoms with van der Waals surface area (Å²) in [6.07, 6.45) is 2.67. The SMILES string of the molecule is CCCC(C)[CH2][Mg][Cl]. The third-order valence-electron chi connectivity index (χ3n) is 1.38. The third-order valence-corrected chi connectivity index (χ3v) is 3.24. The summed E-state index contributed by atoms with van der Waals surface area (Å²) >= 11 is -0.182. The molecule has 0 fully saturated rings. The van der Waals surface area contributed by atoms with E-state index >= 15 is 0 Å². The normalized spacial score (nSPS) is 12.9. The smallest absolute Gasteiger partial charge is 0.346 e. The highest BCUT2D eigenvalue weighted by Gasteiger charge is 1.99. The first-order valence-corrected chi connectivity index (χ1v) is 6.51. The summed E-state index contributed by atoms with van der Waals surface area (Å²) < 4.78 is 1.31. The molecule has 0 heterocycles. The summed E-state index contributed by atoms with van der Waals surface area (Å²) in [5.74, 6) is 0.893. The zero-order valence-electron chi connectivity index (χ0n) is 5.78. The largest absolute Gasteiger partial charge is 0.501 e. The van der Waals surface area contributed by atoms with Gasteiger partial charge in [0.1, 0.15) is 0 Å². The van der Waals surface area contributed by atoms with Gasteiger partial charge in [-0.25, -0.2) is 0 Å². The number of hydrogen-bond acceptors (Lipinski definition) is 0. The van der Waals surface area contributed by atoms with Crippen molar-refractivity contribution < 1.29 is 0 Å². The van der Waals surface area contributed by atoms with Gasteiger partial charge in [0.25, 0.3) is 0 Å². The monoisotopic (exact) mass is 144 g/mol. The minimum atomic E-state index is -0.182. The van der Waals surface area contributed by atoms with Crippen molar-refractivity contribution in [2.24, 2.45) is 5.92 Å². The first-order chi connectivity index (χ1) is 3.81. The molecule has 0 aromatic rings. The molecular weight excluding hydrogens is 132 g/mol. The van der Waals surface area contributed by atoms with Crippen LogP contribution in [0.1, 0.15) is 26.7 Å². The fourth-order valence-electron chi connectivity index (χ4n) is 0.823. The van der Waals surface area contributed by atoms with Gasteiger partial charge in [-0.2, -0.15) is 0 Å². The summed E-state index contributed by atoms with van der Waals surface area (Å²) in [5, 5.41) is 0. The van der Waals surface area contributed by atoms with Gasteiger partial charge in [0, 0.05) is 0 Å². The molecule has 2 heteroatoms. The molecule has 0 N–H and O–H groups in total. The van der Waals surface area contributed by atoms with Crippen molar-refractivity contribution >= 4 is 28.3 Å². The van der Waals surface area contributed by atoms with E-state index in [-0.39, 0.29) is 19.3 Å². The molecule has 0 rings (SSSR count). The Morgan fingerprint density at radius 1 is 1.62 bits per heavy atom. The van der Waals surface area contributed by atoms with Crippen LogP contribution in [0, 0.1) is 5.92 Å². The van der Waals surface area contributed by atoms with Gasteiger partial charge in [0.15, 0.2) is 0 Å². The van der Waals surface area contributed by atoms with Crippen molar-refractivity contribution in [3.05, 3.63) is 0 Å². The molecule has 0 nitrogen and oxygen atoms in total. The summed E-state index contributed by atoms with van der Waals surface area (Å²) in [4.78, 5) is 0. The Balaban J connectivity index is 2.92. The molecule has 1 atom stereocenters. The Morgan fingerprint density at radius 2 is 2.25 bits per heavy atom. The van der Waals surface area contributed by atoms with Crippen LogP contribution < -0.4 is 0 Å². The van der Waals surface area contributed by atoms with E-state index in [0.717, 1.165) is 5.92 Å². The molecule has 0 spiro atoms. The van der Waals surface area contributed by atoms with E-state index in [9.17, 15) is 0 Å². The highest BCUT2D eigenvalue weighted by Crippen LogP contribution is 2.09. The molecule has 0 radical (unpaired) electrons. The summed E-state index contributed by atoms with van der Waals surface area (Å²) in [6.45, 7) is 4.52. The second kappa shape index (κ2) is 6.18. The Kier molecular flexibility index (Phi) is 7.00. The second-order valence-corrected chi connectivity index (χ2v) is 4.46. The standard InChI is InChI=1S/C6H13.ClH.Mg/c1-4-5-6(2)3;;/h6H,2,4-5H2,1,3H3;1H;/q;;+1/p-1. The van der Waals surface area contributed by atoms with Gasteiger partial charge in [0.2, 0.25) is 0 Å². The van der Waals surface area contributed by atoms with E-state index in [2.05, 4.69) is 13.8 Å². The van der Waals surface area contributed by atoms with E-state index in [0.29, 0.717) is 0 Å². The van der Waals surface area contributed by atoms with Crippen LogP contribution in [0.2, 0.25) is 4.55 Å². The molecular formula is C6H13ClMg. The zero-order chi connectivity index (χ0) is 6.41. The molecule has 0 aromatic carbocycles. The fraction of sp³-hybridized carbons (Fsp3) is 1.00. The van der Waals surface area contributed by atoms with Crippen LogP contribution in [-0.4, -0.2) is 19.3 Å². The lowest BCUT2D eigenvalue weighted by atomic mass is 10.1. The molecule has 0 saturated heterocycles. The molecule has 0 aliphatic carbocycles. The summed E-state index contributed by atoms with van der Waals surface area (Å²) in [7, 11) is 5.67. The topological polar surface area (TPSA) is 0 Å². The molecule has 0 amide bonds. The van der Waals surface area contributed by atoms with Gasteiger partial charge in [0.05, 0.1) is 0 Å². The molecule has 0 aliphatic heterocycles. The number of halogens is 1. The van der Waals surface area contributed by atoms with Crippen molar-refractivity contribution in [1.29, 1.82) is 0 Å². The molecule has 0 saturated carbocycles. The van der Waals surface area contributed by atoms with Crippen molar-refractivity contribution in [3.8, 4) is 0 Å². The molecule has 0 aromatic heterocycles. The van der Waals surface area contributed by atoms with Crippen molar-refractivity contribution in [1.82, 2.24) is 0 Å². The summed E-state index contributed by atoms with van der Waals surface area (Å²) in [5.41, 5.74) is 0. The van der Waals surface area contributed by atoms with Crippen LogP contribution in [0.4, 0.5) is 0 Å². The van der Waals surface area contributed by atoms with Gasteiger partial charge in [-0.3, -0.25) is 0 Å². The minimum Gasteiger partial charge on any atom is -0.346 e. The predicted molar refractivity (Wildman–Crippen MR) is 40.5 cm³/mol. The fourth-order valence-corrected chi connectivity index (χ4v) is 2.60. The van der Waals surface area contributed by atoms with Crippen LogP contribution in [0.3, 0.4) is 0 Å². The average molecular weight is 145 g/mol. The maximum atomic E-state index is 5.67. The van der Waals surface area contributed by atoms with Crippen LogP contribution >= 0.6 is 9.07 Å². The number of hydrogen-bond donors (Lipinski definition) is 0. The van der Waals surface area contributed by atoms with E-state index in [4.69, 9.17) is 9.07 Å². The van der Waals surface area contributed by atoms with Crippen LogP contribution in [0.5, 0.6) is 0 Å². The van der Waals surface area contributed by atoms with Gasteiger partial charge >= 0.3 is 19.3 Å². The Labute approximate surface area is 65.5 Å². The van der Waals surface area contributed by atoms with E-state index in [1.54, 1.807) is 0 Å². The first-order valence-electron chi connectivity index (χ1n) is 3.37. The third kappa shape index (κ3) is 5.20. The van der Waals surface area contributed by atoms with Crippen LogP contribution in [0.15, 0.2) is 0 Å². The van der Waals surface area contributed by atoms with Gasteiger partial charge < -0.3 is 9.07 Å². The maximum Gasteiger partial charge on any atom is 0.501 e. The first kappa shape index (κ1) is 9.06.